The molecule has 1 aliphatic heterocycles. The zero-order chi connectivity index (χ0) is 26.8. The Bertz CT molecular complexity index is 1140. The van der Waals surface area contributed by atoms with Crippen molar-refractivity contribution in [3.05, 3.63) is 11.6 Å². The zero-order valence-corrected chi connectivity index (χ0v) is 25.7. The third kappa shape index (κ3) is 9.48. The molecule has 4 N–H and O–H groups in total. The molecule has 0 aromatic carbocycles. The number of fused-ring (bicyclic) bond motifs is 1. The first kappa shape index (κ1) is 35.9. The Hall–Kier alpha value is -0.110. The molecule has 21 heteroatoms. The largest absolute Gasteiger partial charge is 1.00 e. The number of carboxylic acids is 1. The molecule has 2 aliphatic rings. The standard InChI is InChI=1S/C15H21ClN5O7P.C2HF3O2.2Na/c16-15-19-12(18-7-3-1-2-4-7)9-13(20-15)21(6-17-9)14-11(23)10(22)8(28-14)5-27-29(24,25)26;3-2(4,5)1(6)7;;/h6-8,10-11,14,22-23H,1-5H2,(H,18,19,20)(H2,24,25,26);(H,6,7);;/q;;2*+1/p-2/t8-,10-,11-,14-;;;/m1.../s1. The second-order valence-corrected chi connectivity index (χ2v) is 9.37. The van der Waals surface area contributed by atoms with E-state index in [9.17, 15) is 37.7 Å². The third-order valence-corrected chi connectivity index (χ3v) is 5.98. The number of phosphoric acid groups is 1. The van der Waals surface area contributed by atoms with Crippen LogP contribution in [0.4, 0.5) is 19.0 Å². The van der Waals surface area contributed by atoms with Gasteiger partial charge in [0.05, 0.1) is 20.8 Å². The third-order valence-electron chi connectivity index (χ3n) is 5.34. The van der Waals surface area contributed by atoms with Crippen molar-refractivity contribution in [1.29, 1.82) is 0 Å². The van der Waals surface area contributed by atoms with Crippen LogP contribution in [0.15, 0.2) is 6.33 Å². The average Bonchev–Trinajstić information content (AvgIpc) is 3.47. The molecule has 38 heavy (non-hydrogen) atoms. The van der Waals surface area contributed by atoms with Gasteiger partial charge in [0, 0.05) is 6.04 Å². The Morgan fingerprint density at radius 2 is 1.82 bits per heavy atom. The SMILES string of the molecule is O=C(O)C(F)(F)F.O=P([O-])([O-])OC[C@H]1O[C@@H](n2cnc3c(NC4CCCC4)nc(Cl)nc32)[C@H](O)[C@@H]1O.[Na+].[Na+]. The van der Waals surface area contributed by atoms with Crippen LogP contribution >= 0.6 is 19.4 Å². The average molecular weight is 608 g/mol. The summed E-state index contributed by atoms with van der Waals surface area (Å²) < 4.78 is 53.5. The maximum absolute atomic E-state index is 10.7. The van der Waals surface area contributed by atoms with E-state index in [1.54, 1.807) is 0 Å². The van der Waals surface area contributed by atoms with Crippen molar-refractivity contribution in [2.45, 2.75) is 62.4 Å². The summed E-state index contributed by atoms with van der Waals surface area (Å²) in [7, 11) is -5.25. The number of hydrogen-bond acceptors (Lipinski definition) is 12. The smallest absolute Gasteiger partial charge is 0.790 e. The molecule has 0 radical (unpaired) electrons. The number of carboxylic acid groups (broad SMARTS) is 1. The Morgan fingerprint density at radius 1 is 1.24 bits per heavy atom. The summed E-state index contributed by atoms with van der Waals surface area (Å²) in [6, 6.07) is 0.251. The molecule has 1 saturated heterocycles. The molecule has 2 fully saturated rings. The van der Waals surface area contributed by atoms with Crippen LogP contribution in [-0.2, 0) is 18.6 Å². The molecular weight excluding hydrogens is 588 g/mol. The van der Waals surface area contributed by atoms with Crippen LogP contribution in [0.3, 0.4) is 0 Å². The van der Waals surface area contributed by atoms with Gasteiger partial charge in [-0.05, 0) is 24.4 Å². The van der Waals surface area contributed by atoms with Crippen LogP contribution in [-0.4, -0.2) is 77.9 Å². The predicted octanol–water partition coefficient (Wildman–Crippen LogP) is -6.06. The van der Waals surface area contributed by atoms with Crippen LogP contribution in [0.2, 0.25) is 5.28 Å². The number of nitrogens with one attached hydrogen (secondary N) is 1. The second kappa shape index (κ2) is 14.7. The Balaban J connectivity index is 0.000000712. The molecule has 3 heterocycles. The molecular formula is C17H20ClF3N5Na2O9P. The molecule has 1 aliphatic carbocycles. The van der Waals surface area contributed by atoms with Gasteiger partial charge in [0.15, 0.2) is 23.2 Å². The topological polar surface area (TPSA) is 215 Å². The zero-order valence-electron chi connectivity index (χ0n) is 20.0. The van der Waals surface area contributed by atoms with E-state index < -0.39 is 51.1 Å². The van der Waals surface area contributed by atoms with Gasteiger partial charge in [0.2, 0.25) is 5.28 Å². The molecule has 2 aromatic heterocycles. The van der Waals surface area contributed by atoms with E-state index in [1.807, 2.05) is 0 Å². The van der Waals surface area contributed by atoms with Gasteiger partial charge in [-0.25, -0.2) is 9.78 Å². The van der Waals surface area contributed by atoms with E-state index in [0.717, 1.165) is 25.7 Å². The minimum atomic E-state index is -5.25. The van der Waals surface area contributed by atoms with Crippen LogP contribution in [0.25, 0.3) is 11.2 Å². The van der Waals surface area contributed by atoms with Crippen molar-refractivity contribution in [2.75, 3.05) is 11.9 Å². The molecule has 0 spiro atoms. The number of hydrogen-bond donors (Lipinski definition) is 4. The Labute approximate surface area is 262 Å². The molecule has 202 valence electrons. The maximum Gasteiger partial charge on any atom is 1.00 e. The summed E-state index contributed by atoms with van der Waals surface area (Å²) in [6.07, 6.45) is -4.80. The van der Waals surface area contributed by atoms with Gasteiger partial charge in [-0.3, -0.25) is 4.57 Å². The molecule has 4 atom stereocenters. The number of aliphatic hydroxyl groups is 2. The fraction of sp³-hybridized carbons (Fsp3) is 0.647. The summed E-state index contributed by atoms with van der Waals surface area (Å²) in [4.78, 5) is 42.9. The monoisotopic (exact) mass is 607 g/mol. The van der Waals surface area contributed by atoms with E-state index in [0.29, 0.717) is 11.3 Å². The van der Waals surface area contributed by atoms with E-state index in [2.05, 4.69) is 24.8 Å². The van der Waals surface area contributed by atoms with Crippen molar-refractivity contribution in [3.8, 4) is 0 Å². The minimum absolute atomic E-state index is 0. The summed E-state index contributed by atoms with van der Waals surface area (Å²) in [5, 5.41) is 30.9. The molecule has 0 unspecified atom stereocenters. The number of halogens is 4. The van der Waals surface area contributed by atoms with Gasteiger partial charge in [0.1, 0.15) is 18.3 Å². The van der Waals surface area contributed by atoms with Crippen LogP contribution in [0.5, 0.6) is 0 Å². The number of ether oxygens (including phenoxy) is 1. The summed E-state index contributed by atoms with van der Waals surface area (Å²) in [6.45, 7) is -0.726. The van der Waals surface area contributed by atoms with Crippen molar-refractivity contribution in [3.63, 3.8) is 0 Å². The molecule has 0 bridgehead atoms. The van der Waals surface area contributed by atoms with E-state index in [1.165, 1.54) is 10.9 Å². The van der Waals surface area contributed by atoms with Crippen LogP contribution in [0.1, 0.15) is 31.9 Å². The Morgan fingerprint density at radius 3 is 2.34 bits per heavy atom. The minimum Gasteiger partial charge on any atom is -0.790 e. The summed E-state index contributed by atoms with van der Waals surface area (Å²) in [5.41, 5.74) is 0.677. The molecule has 1 saturated carbocycles. The van der Waals surface area contributed by atoms with Crippen molar-refractivity contribution in [1.82, 2.24) is 19.5 Å². The normalized spacial score (nSPS) is 23.8. The van der Waals surface area contributed by atoms with Crippen LogP contribution < -0.4 is 74.2 Å². The quantitative estimate of drug-likeness (QED) is 0.137. The van der Waals surface area contributed by atoms with Crippen molar-refractivity contribution >= 4 is 42.4 Å². The number of aliphatic hydroxyl groups excluding tert-OH is 2. The van der Waals surface area contributed by atoms with E-state index >= 15 is 0 Å². The van der Waals surface area contributed by atoms with Gasteiger partial charge in [-0.1, -0.05) is 12.8 Å². The number of nitrogens with zero attached hydrogens (tertiary/aromatic N) is 4. The first-order valence-electron chi connectivity index (χ1n) is 10.3. The molecule has 0 amide bonds. The van der Waals surface area contributed by atoms with Gasteiger partial charge in [-0.15, -0.1) is 0 Å². The number of phosphoric ester groups is 1. The van der Waals surface area contributed by atoms with Gasteiger partial charge >= 0.3 is 71.3 Å². The molecule has 14 nitrogen and oxygen atoms in total. The summed E-state index contributed by atoms with van der Waals surface area (Å²) in [5.74, 6) is -2.30. The number of rotatable bonds is 6. The molecule has 4 rings (SSSR count). The number of aliphatic carboxylic acids is 1. The predicted molar refractivity (Wildman–Crippen MR) is 109 cm³/mol. The van der Waals surface area contributed by atoms with E-state index in [-0.39, 0.29) is 76.1 Å². The Kier molecular flexibility index (Phi) is 13.9. The second-order valence-electron chi connectivity index (χ2n) is 7.88. The number of anilines is 1. The van der Waals surface area contributed by atoms with Gasteiger partial charge < -0.3 is 44.2 Å². The van der Waals surface area contributed by atoms with Gasteiger partial charge in [-0.2, -0.15) is 23.1 Å². The van der Waals surface area contributed by atoms with Crippen molar-refractivity contribution in [2.24, 2.45) is 0 Å². The maximum atomic E-state index is 10.7. The number of imidazole rings is 1. The fourth-order valence-electron chi connectivity index (χ4n) is 3.70. The van der Waals surface area contributed by atoms with Crippen molar-refractivity contribution < 1.29 is 116 Å². The van der Waals surface area contributed by atoms with E-state index in [4.69, 9.17) is 26.2 Å². The molecule has 2 aromatic rings. The summed E-state index contributed by atoms with van der Waals surface area (Å²) >= 11 is 6.06. The first-order chi connectivity index (χ1) is 16.7. The number of alkyl halides is 3. The fourth-order valence-corrected chi connectivity index (χ4v) is 4.20. The van der Waals surface area contributed by atoms with Crippen LogP contribution in [0, 0.1) is 0 Å². The number of carbonyl (C=O) groups is 1. The number of aromatic nitrogens is 4. The first-order valence-corrected chi connectivity index (χ1v) is 12.2. The van der Waals surface area contributed by atoms with Gasteiger partial charge in [0.25, 0.3) is 0 Å².